The van der Waals surface area contributed by atoms with Gasteiger partial charge in [-0.05, 0) is 77.9 Å². The topological polar surface area (TPSA) is 106 Å². The minimum Gasteiger partial charge on any atom is -0.481 e. The Kier molecular flexibility index (Phi) is 7.62. The summed E-state index contributed by atoms with van der Waals surface area (Å²) in [5.41, 5.74) is 1.56. The van der Waals surface area contributed by atoms with Gasteiger partial charge in [0.15, 0.2) is 0 Å². The van der Waals surface area contributed by atoms with Crippen LogP contribution in [0.3, 0.4) is 0 Å². The first-order chi connectivity index (χ1) is 16.3. The van der Waals surface area contributed by atoms with Crippen LogP contribution in [0.1, 0.15) is 50.3 Å². The zero-order valence-electron chi connectivity index (χ0n) is 20.3. The van der Waals surface area contributed by atoms with Crippen molar-refractivity contribution in [2.75, 3.05) is 7.11 Å². The van der Waals surface area contributed by atoms with E-state index in [0.29, 0.717) is 33.7 Å². The lowest BCUT2D eigenvalue weighted by atomic mass is 9.88. The number of hydrogen-bond acceptors (Lipinski definition) is 6. The van der Waals surface area contributed by atoms with E-state index in [1.54, 1.807) is 26.0 Å². The first-order valence-electron chi connectivity index (χ1n) is 11.0. The Balaban J connectivity index is 1.96. The second-order valence-electron chi connectivity index (χ2n) is 9.05. The summed E-state index contributed by atoms with van der Waals surface area (Å²) in [5, 5.41) is 10.1. The first-order valence-corrected chi connectivity index (χ1v) is 12.5. The summed E-state index contributed by atoms with van der Waals surface area (Å²) in [5.74, 6) is -1.03. The van der Waals surface area contributed by atoms with Crippen LogP contribution in [0.2, 0.25) is 0 Å². The fourth-order valence-corrected chi connectivity index (χ4v) is 4.75. The minimum atomic E-state index is -4.16. The van der Waals surface area contributed by atoms with E-state index in [4.69, 9.17) is 4.74 Å². The lowest BCUT2D eigenvalue weighted by Gasteiger charge is -2.19. The van der Waals surface area contributed by atoms with E-state index in [-0.39, 0.29) is 17.2 Å². The molecule has 0 spiro atoms. The maximum absolute atomic E-state index is 14.5. The van der Waals surface area contributed by atoms with Crippen molar-refractivity contribution in [3.63, 3.8) is 0 Å². The Morgan fingerprint density at radius 2 is 1.80 bits per heavy atom. The number of aromatic nitrogens is 1. The largest absolute Gasteiger partial charge is 0.481 e. The smallest absolute Gasteiger partial charge is 0.264 e. The molecular weight excluding hydrogens is 471 g/mol. The van der Waals surface area contributed by atoms with Crippen molar-refractivity contribution in [3.8, 4) is 17.0 Å². The molecule has 186 valence electrons. The Morgan fingerprint density at radius 3 is 2.37 bits per heavy atom. The summed E-state index contributed by atoms with van der Waals surface area (Å²) in [6.45, 7) is 6.91. The molecule has 1 aromatic heterocycles. The zero-order valence-corrected chi connectivity index (χ0v) is 21.1. The highest BCUT2D eigenvalue weighted by atomic mass is 32.2. The number of carbonyl (C=O) groups is 1. The summed E-state index contributed by atoms with van der Waals surface area (Å²) in [6.07, 6.45) is 1.23. The van der Waals surface area contributed by atoms with Gasteiger partial charge in [-0.1, -0.05) is 26.0 Å². The fourth-order valence-electron chi connectivity index (χ4n) is 3.76. The number of nitrogens with zero attached hydrogens (tertiary/aromatic N) is 1. The molecule has 7 nitrogen and oxygen atoms in total. The number of ether oxygens (including phenoxy) is 1. The molecular formula is C26H29FN2O5S. The van der Waals surface area contributed by atoms with E-state index in [0.717, 1.165) is 0 Å². The SMILES string of the molecule is COc1cc(-c2cc(F)cc(C(C)C)c2CC(=O)NS(=O)(=O)c2ccc(C(C)(C)O)cc2)ccn1. The number of sulfonamides is 1. The number of amides is 1. The number of benzene rings is 2. The highest BCUT2D eigenvalue weighted by molar-refractivity contribution is 7.90. The van der Waals surface area contributed by atoms with E-state index < -0.39 is 27.3 Å². The Morgan fingerprint density at radius 1 is 1.14 bits per heavy atom. The van der Waals surface area contributed by atoms with Crippen LogP contribution in [0.5, 0.6) is 5.88 Å². The van der Waals surface area contributed by atoms with E-state index in [9.17, 15) is 22.7 Å². The predicted molar refractivity (Wildman–Crippen MR) is 131 cm³/mol. The second-order valence-corrected chi connectivity index (χ2v) is 10.7. The van der Waals surface area contributed by atoms with Gasteiger partial charge in [-0.25, -0.2) is 22.5 Å². The molecule has 9 heteroatoms. The van der Waals surface area contributed by atoms with Gasteiger partial charge in [-0.2, -0.15) is 0 Å². The van der Waals surface area contributed by atoms with Gasteiger partial charge in [0.1, 0.15) is 5.82 Å². The maximum atomic E-state index is 14.5. The van der Waals surface area contributed by atoms with Gasteiger partial charge in [0.05, 0.1) is 24.0 Å². The molecule has 3 rings (SSSR count). The van der Waals surface area contributed by atoms with Crippen LogP contribution in [0, 0.1) is 5.82 Å². The van der Waals surface area contributed by atoms with E-state index in [2.05, 4.69) is 9.71 Å². The number of aliphatic hydroxyl groups is 1. The number of carbonyl (C=O) groups excluding carboxylic acids is 1. The van der Waals surface area contributed by atoms with Gasteiger partial charge in [0.2, 0.25) is 11.8 Å². The molecule has 1 heterocycles. The molecule has 0 bridgehead atoms. The number of rotatable bonds is 8. The predicted octanol–water partition coefficient (Wildman–Crippen LogP) is 4.29. The highest BCUT2D eigenvalue weighted by Gasteiger charge is 2.23. The fraction of sp³-hybridized carbons (Fsp3) is 0.308. The van der Waals surface area contributed by atoms with Gasteiger partial charge in [0, 0.05) is 12.3 Å². The molecule has 0 fully saturated rings. The third-order valence-corrected chi connectivity index (χ3v) is 6.97. The molecule has 0 unspecified atom stereocenters. The molecule has 0 saturated carbocycles. The molecule has 0 radical (unpaired) electrons. The summed E-state index contributed by atoms with van der Waals surface area (Å²) < 4.78 is 47.4. The molecule has 35 heavy (non-hydrogen) atoms. The van der Waals surface area contributed by atoms with Gasteiger partial charge in [-0.3, -0.25) is 4.79 Å². The average molecular weight is 501 g/mol. The monoisotopic (exact) mass is 500 g/mol. The zero-order chi connectivity index (χ0) is 26.0. The third-order valence-electron chi connectivity index (χ3n) is 5.58. The summed E-state index contributed by atoms with van der Waals surface area (Å²) in [4.78, 5) is 16.9. The van der Waals surface area contributed by atoms with E-state index in [1.165, 1.54) is 49.7 Å². The van der Waals surface area contributed by atoms with Crippen molar-refractivity contribution in [2.24, 2.45) is 0 Å². The van der Waals surface area contributed by atoms with Gasteiger partial charge < -0.3 is 9.84 Å². The molecule has 0 aliphatic rings. The highest BCUT2D eigenvalue weighted by Crippen LogP contribution is 2.33. The van der Waals surface area contributed by atoms with Crippen molar-refractivity contribution in [1.29, 1.82) is 0 Å². The number of halogens is 1. The summed E-state index contributed by atoms with van der Waals surface area (Å²) in [7, 11) is -2.69. The van der Waals surface area contributed by atoms with Crippen LogP contribution in [0.15, 0.2) is 59.6 Å². The molecule has 0 aliphatic heterocycles. The quantitative estimate of drug-likeness (QED) is 0.478. The molecule has 0 aliphatic carbocycles. The van der Waals surface area contributed by atoms with Crippen molar-refractivity contribution in [1.82, 2.24) is 9.71 Å². The number of pyridine rings is 1. The molecule has 1 amide bonds. The lowest BCUT2D eigenvalue weighted by Crippen LogP contribution is -2.32. The van der Waals surface area contributed by atoms with E-state index in [1.807, 2.05) is 13.8 Å². The molecule has 2 N–H and O–H groups in total. The molecule has 0 saturated heterocycles. The van der Waals surface area contributed by atoms with Gasteiger partial charge in [0.25, 0.3) is 10.0 Å². The standard InChI is InChI=1S/C26H29FN2O5S/c1-16(2)21-13-19(27)14-22(17-10-11-28-25(12-17)34-5)23(21)15-24(30)29-35(32,33)20-8-6-18(7-9-20)26(3,4)31/h6-14,16,31H,15H2,1-5H3,(H,29,30). The van der Waals surface area contributed by atoms with Crippen LogP contribution in [0.4, 0.5) is 4.39 Å². The molecule has 2 aromatic carbocycles. The summed E-state index contributed by atoms with van der Waals surface area (Å²) >= 11 is 0. The Hall–Kier alpha value is -3.30. The lowest BCUT2D eigenvalue weighted by molar-refractivity contribution is -0.118. The summed E-state index contributed by atoms with van der Waals surface area (Å²) in [6, 6.07) is 11.6. The van der Waals surface area contributed by atoms with Crippen LogP contribution in [-0.2, 0) is 26.8 Å². The third kappa shape index (κ3) is 6.23. The average Bonchev–Trinajstić information content (AvgIpc) is 2.79. The van der Waals surface area contributed by atoms with Gasteiger partial charge in [-0.15, -0.1) is 0 Å². The Labute approximate surface area is 205 Å². The van der Waals surface area contributed by atoms with Crippen LogP contribution >= 0.6 is 0 Å². The first kappa shape index (κ1) is 26.3. The van der Waals surface area contributed by atoms with Crippen molar-refractivity contribution >= 4 is 15.9 Å². The number of methoxy groups -OCH3 is 1. The van der Waals surface area contributed by atoms with Crippen molar-refractivity contribution < 1.29 is 27.4 Å². The van der Waals surface area contributed by atoms with Crippen molar-refractivity contribution in [3.05, 3.63) is 77.2 Å². The normalized spacial score (nSPS) is 12.0. The van der Waals surface area contributed by atoms with Crippen LogP contribution in [-0.4, -0.2) is 31.5 Å². The van der Waals surface area contributed by atoms with E-state index >= 15 is 0 Å². The van der Waals surface area contributed by atoms with Gasteiger partial charge >= 0.3 is 0 Å². The molecule has 0 atom stereocenters. The van der Waals surface area contributed by atoms with Crippen molar-refractivity contribution in [2.45, 2.75) is 50.5 Å². The minimum absolute atomic E-state index is 0.110. The number of nitrogens with one attached hydrogen (secondary N) is 1. The Bertz CT molecular complexity index is 1330. The number of hydrogen-bond donors (Lipinski definition) is 2. The molecule has 3 aromatic rings. The maximum Gasteiger partial charge on any atom is 0.264 e. The van der Waals surface area contributed by atoms with Crippen LogP contribution in [0.25, 0.3) is 11.1 Å². The second kappa shape index (κ2) is 10.1. The van der Waals surface area contributed by atoms with Crippen LogP contribution < -0.4 is 9.46 Å².